The molecule has 2 rings (SSSR count). The first-order valence-electron chi connectivity index (χ1n) is 4.54. The summed E-state index contributed by atoms with van der Waals surface area (Å²) in [6.07, 6.45) is -0.635. The number of ether oxygens (including phenoxy) is 2. The molecule has 0 radical (unpaired) electrons. The lowest BCUT2D eigenvalue weighted by Gasteiger charge is -2.10. The zero-order valence-corrected chi connectivity index (χ0v) is 9.04. The van der Waals surface area contributed by atoms with Gasteiger partial charge in [-0.25, -0.2) is 17.9 Å². The summed E-state index contributed by atoms with van der Waals surface area (Å²) in [6, 6.07) is 3.57. The first kappa shape index (κ1) is 11.5. The van der Waals surface area contributed by atoms with E-state index in [2.05, 4.69) is 0 Å². The molecule has 0 bridgehead atoms. The molecule has 2 N–H and O–H groups in total. The van der Waals surface area contributed by atoms with E-state index < -0.39 is 27.0 Å². The summed E-state index contributed by atoms with van der Waals surface area (Å²) in [5, 5.41) is 4.83. The van der Waals surface area contributed by atoms with Crippen LogP contribution in [-0.2, 0) is 19.5 Å². The molecule has 5 nitrogen and oxygen atoms in total. The Balaban J connectivity index is 2.36. The molecule has 1 aromatic carbocycles. The monoisotopic (exact) mass is 247 g/mol. The van der Waals surface area contributed by atoms with Crippen molar-refractivity contribution in [2.45, 2.75) is 11.2 Å². The number of hydrogen-bond acceptors (Lipinski definition) is 4. The Morgan fingerprint density at radius 2 is 1.94 bits per heavy atom. The third-order valence-electron chi connectivity index (χ3n) is 2.16. The van der Waals surface area contributed by atoms with Crippen LogP contribution < -0.4 is 5.14 Å². The molecule has 0 unspecified atom stereocenters. The third kappa shape index (κ3) is 2.22. The summed E-state index contributed by atoms with van der Waals surface area (Å²) in [6.45, 7) is 0.868. The molecule has 1 aliphatic rings. The number of hydrogen-bond donors (Lipinski definition) is 1. The molecule has 1 heterocycles. The Bertz CT molecular complexity index is 496. The quantitative estimate of drug-likeness (QED) is 0.826. The van der Waals surface area contributed by atoms with Gasteiger partial charge in [0, 0.05) is 5.56 Å². The average molecular weight is 247 g/mol. The molecule has 1 saturated heterocycles. The second-order valence-corrected chi connectivity index (χ2v) is 4.84. The Kier molecular flexibility index (Phi) is 2.94. The second kappa shape index (κ2) is 4.10. The highest BCUT2D eigenvalue weighted by molar-refractivity contribution is 7.89. The van der Waals surface area contributed by atoms with E-state index in [0.29, 0.717) is 18.8 Å². The van der Waals surface area contributed by atoms with Crippen LogP contribution in [0.3, 0.4) is 0 Å². The van der Waals surface area contributed by atoms with Crippen LogP contribution >= 0.6 is 0 Å². The number of nitrogens with two attached hydrogens (primary N) is 1. The summed E-state index contributed by atoms with van der Waals surface area (Å²) < 4.78 is 45.7. The standard InChI is InChI=1S/C9H10FNO4S/c10-7-5-6(9-14-3-4-15-9)1-2-8(7)16(11,12)13/h1-2,5,9H,3-4H2,(H2,11,12,13). The largest absolute Gasteiger partial charge is 0.346 e. The fourth-order valence-electron chi connectivity index (χ4n) is 1.45. The predicted octanol–water partition coefficient (Wildman–Crippen LogP) is 0.518. The van der Waals surface area contributed by atoms with E-state index in [4.69, 9.17) is 14.6 Å². The van der Waals surface area contributed by atoms with Gasteiger partial charge in [-0.2, -0.15) is 0 Å². The van der Waals surface area contributed by atoms with Crippen molar-refractivity contribution in [2.75, 3.05) is 13.2 Å². The molecule has 1 aliphatic heterocycles. The average Bonchev–Trinajstić information content (AvgIpc) is 2.68. The van der Waals surface area contributed by atoms with E-state index in [9.17, 15) is 12.8 Å². The summed E-state index contributed by atoms with van der Waals surface area (Å²) in [5.74, 6) is -0.904. The van der Waals surface area contributed by atoms with Gasteiger partial charge < -0.3 is 9.47 Å². The first-order chi connectivity index (χ1) is 7.48. The minimum atomic E-state index is -4.03. The van der Waals surface area contributed by atoms with E-state index >= 15 is 0 Å². The highest BCUT2D eigenvalue weighted by atomic mass is 32.2. The molecule has 0 aromatic heterocycles. The molecule has 0 saturated carbocycles. The number of halogens is 1. The minimum absolute atomic E-state index is 0.433. The van der Waals surface area contributed by atoms with E-state index in [1.807, 2.05) is 0 Å². The molecule has 7 heteroatoms. The van der Waals surface area contributed by atoms with E-state index in [1.165, 1.54) is 6.07 Å². The third-order valence-corrected chi connectivity index (χ3v) is 3.10. The summed E-state index contributed by atoms with van der Waals surface area (Å²) in [4.78, 5) is -0.533. The lowest BCUT2D eigenvalue weighted by molar-refractivity contribution is -0.0443. The van der Waals surface area contributed by atoms with Crippen LogP contribution in [0.4, 0.5) is 4.39 Å². The number of sulfonamides is 1. The Hall–Kier alpha value is -1.02. The summed E-state index contributed by atoms with van der Waals surface area (Å²) in [7, 11) is -4.03. The lowest BCUT2D eigenvalue weighted by Crippen LogP contribution is -2.14. The number of benzene rings is 1. The Morgan fingerprint density at radius 1 is 1.31 bits per heavy atom. The van der Waals surface area contributed by atoms with Crippen molar-refractivity contribution in [1.82, 2.24) is 0 Å². The Labute approximate surface area is 92.0 Å². The topological polar surface area (TPSA) is 78.6 Å². The van der Waals surface area contributed by atoms with Gasteiger partial charge in [0.25, 0.3) is 0 Å². The van der Waals surface area contributed by atoms with Crippen LogP contribution in [0.2, 0.25) is 0 Å². The number of primary sulfonamides is 1. The highest BCUT2D eigenvalue weighted by Gasteiger charge is 2.21. The summed E-state index contributed by atoms with van der Waals surface area (Å²) in [5.41, 5.74) is 0.433. The van der Waals surface area contributed by atoms with Crippen molar-refractivity contribution in [1.29, 1.82) is 0 Å². The predicted molar refractivity (Wildman–Crippen MR) is 52.4 cm³/mol. The van der Waals surface area contributed by atoms with E-state index in [1.54, 1.807) is 0 Å². The molecule has 88 valence electrons. The van der Waals surface area contributed by atoms with Crippen LogP contribution in [0.25, 0.3) is 0 Å². The first-order valence-corrected chi connectivity index (χ1v) is 6.08. The molecule has 0 aliphatic carbocycles. The van der Waals surface area contributed by atoms with Crippen LogP contribution in [0.1, 0.15) is 11.9 Å². The lowest BCUT2D eigenvalue weighted by atomic mass is 10.2. The molecule has 0 spiro atoms. The fourth-order valence-corrected chi connectivity index (χ4v) is 2.03. The van der Waals surface area contributed by atoms with Gasteiger partial charge in [0.1, 0.15) is 10.7 Å². The Morgan fingerprint density at radius 3 is 2.44 bits per heavy atom. The van der Waals surface area contributed by atoms with Crippen molar-refractivity contribution >= 4 is 10.0 Å². The van der Waals surface area contributed by atoms with E-state index in [-0.39, 0.29) is 0 Å². The van der Waals surface area contributed by atoms with Gasteiger partial charge >= 0.3 is 0 Å². The van der Waals surface area contributed by atoms with Crippen molar-refractivity contribution < 1.29 is 22.3 Å². The van der Waals surface area contributed by atoms with Gasteiger partial charge in [-0.05, 0) is 12.1 Å². The van der Waals surface area contributed by atoms with Crippen molar-refractivity contribution in [3.8, 4) is 0 Å². The van der Waals surface area contributed by atoms with E-state index in [0.717, 1.165) is 12.1 Å². The minimum Gasteiger partial charge on any atom is -0.346 e. The maximum atomic E-state index is 13.4. The van der Waals surface area contributed by atoms with Crippen LogP contribution in [-0.4, -0.2) is 21.6 Å². The molecular weight excluding hydrogens is 237 g/mol. The van der Waals surface area contributed by atoms with Crippen molar-refractivity contribution in [2.24, 2.45) is 5.14 Å². The normalized spacial score (nSPS) is 17.9. The van der Waals surface area contributed by atoms with Gasteiger partial charge in [-0.1, -0.05) is 6.07 Å². The summed E-state index contributed by atoms with van der Waals surface area (Å²) >= 11 is 0. The zero-order chi connectivity index (χ0) is 11.8. The maximum Gasteiger partial charge on any atom is 0.240 e. The molecule has 16 heavy (non-hydrogen) atoms. The zero-order valence-electron chi connectivity index (χ0n) is 8.22. The van der Waals surface area contributed by atoms with Gasteiger partial charge in [-0.3, -0.25) is 0 Å². The second-order valence-electron chi connectivity index (χ2n) is 3.31. The smallest absolute Gasteiger partial charge is 0.240 e. The molecule has 0 amide bonds. The van der Waals surface area contributed by atoms with Crippen molar-refractivity contribution in [3.05, 3.63) is 29.6 Å². The van der Waals surface area contributed by atoms with Crippen LogP contribution in [0.5, 0.6) is 0 Å². The number of rotatable bonds is 2. The fraction of sp³-hybridized carbons (Fsp3) is 0.333. The van der Waals surface area contributed by atoms with Crippen LogP contribution in [0.15, 0.2) is 23.1 Å². The molecular formula is C9H10FNO4S. The van der Waals surface area contributed by atoms with Gasteiger partial charge in [-0.15, -0.1) is 0 Å². The SMILES string of the molecule is NS(=O)(=O)c1ccc(C2OCCO2)cc1F. The molecule has 1 fully saturated rings. The van der Waals surface area contributed by atoms with Crippen LogP contribution in [0, 0.1) is 5.82 Å². The van der Waals surface area contributed by atoms with Gasteiger partial charge in [0.15, 0.2) is 6.29 Å². The maximum absolute atomic E-state index is 13.4. The molecule has 0 atom stereocenters. The molecule has 1 aromatic rings. The van der Waals surface area contributed by atoms with Crippen molar-refractivity contribution in [3.63, 3.8) is 0 Å². The highest BCUT2D eigenvalue weighted by Crippen LogP contribution is 2.25. The van der Waals surface area contributed by atoms with Gasteiger partial charge in [0.05, 0.1) is 13.2 Å². The van der Waals surface area contributed by atoms with Gasteiger partial charge in [0.2, 0.25) is 10.0 Å².